The van der Waals surface area contributed by atoms with Gasteiger partial charge in [-0.25, -0.2) is 0 Å². The van der Waals surface area contributed by atoms with Gasteiger partial charge in [-0.15, -0.1) is 0 Å². The Morgan fingerprint density at radius 3 is 3.00 bits per heavy atom. The van der Waals surface area contributed by atoms with Gasteiger partial charge in [0.1, 0.15) is 5.75 Å². The zero-order chi connectivity index (χ0) is 13.5. The van der Waals surface area contributed by atoms with Gasteiger partial charge in [-0.3, -0.25) is 0 Å². The van der Waals surface area contributed by atoms with Crippen molar-refractivity contribution >= 4 is 5.69 Å². The van der Waals surface area contributed by atoms with Crippen molar-refractivity contribution in [2.75, 3.05) is 25.1 Å². The number of nitrogens with one attached hydrogen (secondary N) is 1. The van der Waals surface area contributed by atoms with Crippen LogP contribution in [0.5, 0.6) is 5.75 Å². The van der Waals surface area contributed by atoms with E-state index in [4.69, 9.17) is 4.74 Å². The van der Waals surface area contributed by atoms with Gasteiger partial charge >= 0.3 is 0 Å². The molecule has 1 N–H and O–H groups in total. The second kappa shape index (κ2) is 4.71. The van der Waals surface area contributed by atoms with Gasteiger partial charge in [-0.1, -0.05) is 0 Å². The summed E-state index contributed by atoms with van der Waals surface area (Å²) in [6.07, 6.45) is 3.46. The first-order valence-electron chi connectivity index (χ1n) is 7.29. The first-order chi connectivity index (χ1) is 9.05. The zero-order valence-corrected chi connectivity index (χ0v) is 12.2. The summed E-state index contributed by atoms with van der Waals surface area (Å²) >= 11 is 0. The van der Waals surface area contributed by atoms with Crippen LogP contribution >= 0.6 is 0 Å². The molecule has 0 amide bonds. The van der Waals surface area contributed by atoms with Crippen LogP contribution in [0.4, 0.5) is 5.69 Å². The summed E-state index contributed by atoms with van der Waals surface area (Å²) in [6.45, 7) is 6.53. The molecule has 0 radical (unpaired) electrons. The summed E-state index contributed by atoms with van der Waals surface area (Å²) in [5, 5.41) is 3.59. The summed E-state index contributed by atoms with van der Waals surface area (Å²) < 4.78 is 5.58. The summed E-state index contributed by atoms with van der Waals surface area (Å²) in [7, 11) is 2.23. The van der Waals surface area contributed by atoms with Gasteiger partial charge in [0.2, 0.25) is 0 Å². The number of hydrogen-bond acceptors (Lipinski definition) is 3. The van der Waals surface area contributed by atoms with Crippen molar-refractivity contribution in [1.29, 1.82) is 0 Å². The molecule has 3 heteroatoms. The number of nitrogens with zero attached hydrogens (tertiary/aromatic N) is 1. The van der Waals surface area contributed by atoms with Gasteiger partial charge in [0.15, 0.2) is 0 Å². The molecule has 1 fully saturated rings. The van der Waals surface area contributed by atoms with Gasteiger partial charge in [-0.2, -0.15) is 0 Å². The molecule has 2 aliphatic rings. The van der Waals surface area contributed by atoms with E-state index in [0.29, 0.717) is 6.04 Å². The number of fused-ring (bicyclic) bond motifs is 1. The maximum absolute atomic E-state index is 5.58. The Morgan fingerprint density at radius 1 is 1.37 bits per heavy atom. The average Bonchev–Trinajstić information content (AvgIpc) is 2.83. The standard InChI is InChI=1S/C16H24N2O/c1-16(2)11-14(6-8-17-16)18(3)13-4-5-15-12(10-13)7-9-19-15/h4-5,10,14,17H,6-9,11H2,1-3H3. The monoisotopic (exact) mass is 260 g/mol. The van der Waals surface area contributed by atoms with Gasteiger partial charge < -0.3 is 15.0 Å². The van der Waals surface area contributed by atoms with E-state index in [0.717, 1.165) is 25.3 Å². The molecule has 0 spiro atoms. The molecule has 1 saturated heterocycles. The Hall–Kier alpha value is -1.22. The van der Waals surface area contributed by atoms with E-state index in [1.807, 2.05) is 0 Å². The lowest BCUT2D eigenvalue weighted by atomic mass is 9.88. The number of hydrogen-bond donors (Lipinski definition) is 1. The van der Waals surface area contributed by atoms with E-state index in [9.17, 15) is 0 Å². The zero-order valence-electron chi connectivity index (χ0n) is 12.2. The van der Waals surface area contributed by atoms with Crippen molar-refractivity contribution in [3.05, 3.63) is 23.8 Å². The number of piperidine rings is 1. The van der Waals surface area contributed by atoms with Crippen LogP contribution in [0.15, 0.2) is 18.2 Å². The number of rotatable bonds is 2. The van der Waals surface area contributed by atoms with Crippen LogP contribution in [0.25, 0.3) is 0 Å². The Bertz CT molecular complexity index is 470. The second-order valence-corrected chi connectivity index (χ2v) is 6.46. The molecule has 2 heterocycles. The third kappa shape index (κ3) is 2.57. The van der Waals surface area contributed by atoms with E-state index in [1.54, 1.807) is 0 Å². The molecular weight excluding hydrogens is 236 g/mol. The molecule has 2 aliphatic heterocycles. The second-order valence-electron chi connectivity index (χ2n) is 6.46. The predicted octanol–water partition coefficient (Wildman–Crippen LogP) is 2.59. The molecule has 3 nitrogen and oxygen atoms in total. The van der Waals surface area contributed by atoms with Gasteiger partial charge in [0.05, 0.1) is 6.61 Å². The normalized spacial score (nSPS) is 24.7. The van der Waals surface area contributed by atoms with Crippen molar-refractivity contribution in [2.24, 2.45) is 0 Å². The fourth-order valence-electron chi connectivity index (χ4n) is 3.27. The van der Waals surface area contributed by atoms with Gasteiger partial charge in [0.25, 0.3) is 0 Å². The Balaban J connectivity index is 1.78. The first kappa shape index (κ1) is 12.8. The van der Waals surface area contributed by atoms with E-state index in [2.05, 4.69) is 49.3 Å². The predicted molar refractivity (Wildman–Crippen MR) is 79.1 cm³/mol. The molecule has 19 heavy (non-hydrogen) atoms. The lowest BCUT2D eigenvalue weighted by molar-refractivity contribution is 0.271. The fraction of sp³-hybridized carbons (Fsp3) is 0.625. The van der Waals surface area contributed by atoms with Gasteiger partial charge in [0, 0.05) is 30.7 Å². The molecule has 104 valence electrons. The van der Waals surface area contributed by atoms with Crippen LogP contribution in [0.1, 0.15) is 32.3 Å². The molecule has 1 atom stereocenters. The summed E-state index contributed by atoms with van der Waals surface area (Å²) in [5.41, 5.74) is 2.93. The summed E-state index contributed by atoms with van der Waals surface area (Å²) in [6, 6.07) is 7.24. The lowest BCUT2D eigenvalue weighted by Crippen LogP contribution is -2.52. The molecule has 0 aliphatic carbocycles. The number of benzene rings is 1. The number of anilines is 1. The molecule has 1 unspecified atom stereocenters. The van der Waals surface area contributed by atoms with Gasteiger partial charge in [-0.05, 0) is 57.0 Å². The van der Waals surface area contributed by atoms with Crippen LogP contribution in [0.2, 0.25) is 0 Å². The average molecular weight is 260 g/mol. The minimum atomic E-state index is 0.247. The van der Waals surface area contributed by atoms with Crippen LogP contribution in [-0.2, 0) is 6.42 Å². The Labute approximate surface area is 115 Å². The molecule has 0 saturated carbocycles. The molecular formula is C16H24N2O. The van der Waals surface area contributed by atoms with Crippen LogP contribution < -0.4 is 15.0 Å². The number of ether oxygens (including phenoxy) is 1. The van der Waals surface area contributed by atoms with E-state index in [-0.39, 0.29) is 5.54 Å². The first-order valence-corrected chi connectivity index (χ1v) is 7.29. The third-order valence-electron chi connectivity index (χ3n) is 4.46. The lowest BCUT2D eigenvalue weighted by Gasteiger charge is -2.41. The van der Waals surface area contributed by atoms with Crippen molar-refractivity contribution < 1.29 is 4.74 Å². The molecule has 1 aromatic rings. The molecule has 0 aromatic heterocycles. The quantitative estimate of drug-likeness (QED) is 0.884. The van der Waals surface area contributed by atoms with E-state index in [1.165, 1.54) is 24.1 Å². The van der Waals surface area contributed by atoms with Crippen molar-refractivity contribution in [1.82, 2.24) is 5.32 Å². The molecule has 0 bridgehead atoms. The highest BCUT2D eigenvalue weighted by molar-refractivity contribution is 5.54. The van der Waals surface area contributed by atoms with Crippen LogP contribution in [0, 0.1) is 0 Å². The minimum absolute atomic E-state index is 0.247. The van der Waals surface area contributed by atoms with Crippen molar-refractivity contribution in [3.63, 3.8) is 0 Å². The van der Waals surface area contributed by atoms with Crippen LogP contribution in [0.3, 0.4) is 0 Å². The maximum Gasteiger partial charge on any atom is 0.122 e. The highest BCUT2D eigenvalue weighted by Gasteiger charge is 2.30. The highest BCUT2D eigenvalue weighted by atomic mass is 16.5. The van der Waals surface area contributed by atoms with Crippen molar-refractivity contribution in [3.8, 4) is 5.75 Å². The Kier molecular flexibility index (Phi) is 3.17. The summed E-state index contributed by atoms with van der Waals surface area (Å²) in [4.78, 5) is 2.45. The summed E-state index contributed by atoms with van der Waals surface area (Å²) in [5.74, 6) is 1.07. The maximum atomic E-state index is 5.58. The largest absolute Gasteiger partial charge is 0.493 e. The van der Waals surface area contributed by atoms with Crippen molar-refractivity contribution in [2.45, 2.75) is 44.7 Å². The third-order valence-corrected chi connectivity index (χ3v) is 4.46. The smallest absolute Gasteiger partial charge is 0.122 e. The molecule has 3 rings (SSSR count). The fourth-order valence-corrected chi connectivity index (χ4v) is 3.27. The minimum Gasteiger partial charge on any atom is -0.493 e. The van der Waals surface area contributed by atoms with E-state index < -0.39 is 0 Å². The highest BCUT2D eigenvalue weighted by Crippen LogP contribution is 2.32. The topological polar surface area (TPSA) is 24.5 Å². The SMILES string of the molecule is CN(c1ccc2c(c1)CCO2)C1CCNC(C)(C)C1. The van der Waals surface area contributed by atoms with E-state index >= 15 is 0 Å². The van der Waals surface area contributed by atoms with Crippen LogP contribution in [-0.4, -0.2) is 31.8 Å². The molecule has 1 aromatic carbocycles. The Morgan fingerprint density at radius 2 is 2.21 bits per heavy atom.